The maximum absolute atomic E-state index is 13.8. The molecule has 150 valence electrons. The van der Waals surface area contributed by atoms with Crippen molar-refractivity contribution >= 4 is 11.6 Å². The minimum atomic E-state index is -0.906. The van der Waals surface area contributed by atoms with Crippen LogP contribution in [0.1, 0.15) is 37.8 Å². The number of Topliss-reactive ketones (excluding diaryl/α,β-unsaturated/α-hetero) is 2. The van der Waals surface area contributed by atoms with Crippen LogP contribution in [0.4, 0.5) is 0 Å². The largest absolute Gasteiger partial charge is 0.457 e. The van der Waals surface area contributed by atoms with Crippen LogP contribution in [-0.2, 0) is 0 Å². The molecule has 1 aliphatic rings. The van der Waals surface area contributed by atoms with Gasteiger partial charge in [0.05, 0.1) is 5.92 Å². The topological polar surface area (TPSA) is 43.4 Å². The van der Waals surface area contributed by atoms with Gasteiger partial charge in [0, 0.05) is 28.2 Å². The Bertz CT molecular complexity index is 1150. The summed E-state index contributed by atoms with van der Waals surface area (Å²) >= 11 is 0. The quantitative estimate of drug-likeness (QED) is 0.289. The molecule has 3 nitrogen and oxygen atoms in total. The lowest BCUT2D eigenvalue weighted by atomic mass is 9.72. The molecule has 4 aromatic rings. The normalized spacial score (nSPS) is 12.5. The molecule has 0 radical (unpaired) electrons. The minimum Gasteiger partial charge on any atom is -0.457 e. The Balaban J connectivity index is 1.72. The molecule has 3 heteroatoms. The third-order valence-corrected chi connectivity index (χ3v) is 5.74. The van der Waals surface area contributed by atoms with E-state index in [-0.39, 0.29) is 11.6 Å². The van der Waals surface area contributed by atoms with Crippen LogP contribution in [0.3, 0.4) is 0 Å². The van der Waals surface area contributed by atoms with Crippen LogP contribution < -0.4 is 4.74 Å². The number of para-hydroxylation sites is 2. The summed E-state index contributed by atoms with van der Waals surface area (Å²) < 4.78 is 6.11. The third-order valence-electron chi connectivity index (χ3n) is 5.74. The Morgan fingerprint density at radius 2 is 0.935 bits per heavy atom. The Morgan fingerprint density at radius 1 is 0.548 bits per heavy atom. The van der Waals surface area contributed by atoms with Gasteiger partial charge in [-0.15, -0.1) is 0 Å². The van der Waals surface area contributed by atoms with Gasteiger partial charge in [-0.3, -0.25) is 9.59 Å². The second-order valence-electron chi connectivity index (χ2n) is 7.59. The number of rotatable bonds is 5. The van der Waals surface area contributed by atoms with Gasteiger partial charge in [-0.1, -0.05) is 97.1 Å². The summed E-state index contributed by atoms with van der Waals surface area (Å²) in [5, 5.41) is 0. The van der Waals surface area contributed by atoms with Gasteiger partial charge in [0.15, 0.2) is 11.6 Å². The molecular formula is C28H20O3. The van der Waals surface area contributed by atoms with E-state index in [0.29, 0.717) is 22.6 Å². The fourth-order valence-corrected chi connectivity index (χ4v) is 4.29. The molecule has 5 rings (SSSR count). The molecule has 0 fully saturated rings. The van der Waals surface area contributed by atoms with Crippen molar-refractivity contribution in [2.75, 3.05) is 0 Å². The number of hydrogen-bond donors (Lipinski definition) is 0. The lowest BCUT2D eigenvalue weighted by molar-refractivity contribution is 0.0790. The van der Waals surface area contributed by atoms with Crippen molar-refractivity contribution in [3.05, 3.63) is 131 Å². The molecule has 0 spiro atoms. The zero-order chi connectivity index (χ0) is 21.2. The van der Waals surface area contributed by atoms with Crippen LogP contribution in [0.5, 0.6) is 11.5 Å². The van der Waals surface area contributed by atoms with Crippen LogP contribution in [0.2, 0.25) is 0 Å². The number of fused-ring (bicyclic) bond motifs is 2. The first-order chi connectivity index (χ1) is 15.2. The highest BCUT2D eigenvalue weighted by molar-refractivity contribution is 6.17. The van der Waals surface area contributed by atoms with E-state index in [1.54, 1.807) is 24.3 Å². The molecule has 1 heterocycles. The Morgan fingerprint density at radius 3 is 1.39 bits per heavy atom. The summed E-state index contributed by atoms with van der Waals surface area (Å²) in [4.78, 5) is 27.6. The molecule has 0 amide bonds. The van der Waals surface area contributed by atoms with E-state index in [0.717, 1.165) is 11.1 Å². The highest BCUT2D eigenvalue weighted by atomic mass is 16.5. The number of hydrogen-bond acceptors (Lipinski definition) is 3. The van der Waals surface area contributed by atoms with Gasteiger partial charge in [-0.2, -0.15) is 0 Å². The van der Waals surface area contributed by atoms with Gasteiger partial charge < -0.3 is 4.74 Å². The Labute approximate surface area is 180 Å². The van der Waals surface area contributed by atoms with Crippen LogP contribution in [0.15, 0.2) is 109 Å². The van der Waals surface area contributed by atoms with E-state index in [1.807, 2.05) is 84.9 Å². The molecule has 0 atom stereocenters. The zero-order valence-electron chi connectivity index (χ0n) is 16.8. The summed E-state index contributed by atoms with van der Waals surface area (Å²) in [5.74, 6) is -0.370. The van der Waals surface area contributed by atoms with Gasteiger partial charge in [-0.05, 0) is 12.1 Å². The standard InChI is InChI=1S/C28H20O3/c29-27(19-11-3-1-4-12-19)26(28(30)20-13-5-2-6-14-20)25-21-15-7-9-17-23(21)31-24-18-10-8-16-22(24)25/h1-18,25-26H. The van der Waals surface area contributed by atoms with Crippen molar-refractivity contribution in [2.24, 2.45) is 5.92 Å². The van der Waals surface area contributed by atoms with Gasteiger partial charge >= 0.3 is 0 Å². The second kappa shape index (κ2) is 8.04. The first kappa shape index (κ1) is 19.0. The monoisotopic (exact) mass is 404 g/mol. The summed E-state index contributed by atoms with van der Waals surface area (Å²) in [6.07, 6.45) is 0. The van der Waals surface area contributed by atoms with Crippen molar-refractivity contribution in [2.45, 2.75) is 5.92 Å². The summed E-state index contributed by atoms with van der Waals surface area (Å²) in [6, 6.07) is 33.4. The Kier molecular flexibility index (Phi) is 4.93. The molecule has 31 heavy (non-hydrogen) atoms. The predicted molar refractivity (Wildman–Crippen MR) is 120 cm³/mol. The van der Waals surface area contributed by atoms with E-state index in [9.17, 15) is 9.59 Å². The van der Waals surface area contributed by atoms with Gasteiger partial charge in [-0.25, -0.2) is 0 Å². The fraction of sp³-hybridized carbons (Fsp3) is 0.0714. The molecule has 0 unspecified atom stereocenters. The fourth-order valence-electron chi connectivity index (χ4n) is 4.29. The first-order valence-corrected chi connectivity index (χ1v) is 10.3. The highest BCUT2D eigenvalue weighted by Crippen LogP contribution is 2.48. The number of carbonyl (C=O) groups excluding carboxylic acids is 2. The van der Waals surface area contributed by atoms with Gasteiger partial charge in [0.2, 0.25) is 0 Å². The van der Waals surface area contributed by atoms with Crippen molar-refractivity contribution in [3.63, 3.8) is 0 Å². The smallest absolute Gasteiger partial charge is 0.174 e. The van der Waals surface area contributed by atoms with Crippen molar-refractivity contribution in [3.8, 4) is 11.5 Å². The summed E-state index contributed by atoms with van der Waals surface area (Å²) in [5.41, 5.74) is 2.75. The number of benzene rings is 4. The lowest BCUT2D eigenvalue weighted by Gasteiger charge is -2.32. The average molecular weight is 404 g/mol. The van der Waals surface area contributed by atoms with E-state index < -0.39 is 11.8 Å². The number of ketones is 2. The molecule has 0 saturated carbocycles. The molecule has 0 saturated heterocycles. The highest BCUT2D eigenvalue weighted by Gasteiger charge is 2.41. The third kappa shape index (κ3) is 3.44. The molecule has 1 aliphatic heterocycles. The number of ether oxygens (including phenoxy) is 1. The molecule has 0 aliphatic carbocycles. The maximum Gasteiger partial charge on any atom is 0.174 e. The van der Waals surface area contributed by atoms with Crippen molar-refractivity contribution in [1.82, 2.24) is 0 Å². The van der Waals surface area contributed by atoms with E-state index >= 15 is 0 Å². The Hall–Kier alpha value is -3.98. The second-order valence-corrected chi connectivity index (χ2v) is 7.59. The van der Waals surface area contributed by atoms with Crippen LogP contribution in [0, 0.1) is 5.92 Å². The minimum absolute atomic E-state index is 0.189. The van der Waals surface area contributed by atoms with E-state index in [1.165, 1.54) is 0 Å². The summed E-state index contributed by atoms with van der Waals surface area (Å²) in [7, 11) is 0. The molecule has 0 bridgehead atoms. The van der Waals surface area contributed by atoms with Crippen LogP contribution in [-0.4, -0.2) is 11.6 Å². The SMILES string of the molecule is O=C(c1ccccc1)C(C(=O)c1ccccc1)C1c2ccccc2Oc2ccccc21. The van der Waals surface area contributed by atoms with Gasteiger partial charge in [0.25, 0.3) is 0 Å². The van der Waals surface area contributed by atoms with E-state index in [2.05, 4.69) is 0 Å². The number of carbonyl (C=O) groups is 2. The molecule has 0 N–H and O–H groups in total. The molecular weight excluding hydrogens is 384 g/mol. The van der Waals surface area contributed by atoms with Crippen LogP contribution >= 0.6 is 0 Å². The zero-order valence-corrected chi connectivity index (χ0v) is 16.8. The summed E-state index contributed by atoms with van der Waals surface area (Å²) in [6.45, 7) is 0. The average Bonchev–Trinajstić information content (AvgIpc) is 2.84. The van der Waals surface area contributed by atoms with Gasteiger partial charge in [0.1, 0.15) is 11.5 Å². The lowest BCUT2D eigenvalue weighted by Crippen LogP contribution is -2.32. The van der Waals surface area contributed by atoms with Crippen LogP contribution in [0.25, 0.3) is 0 Å². The van der Waals surface area contributed by atoms with Crippen molar-refractivity contribution in [1.29, 1.82) is 0 Å². The van der Waals surface area contributed by atoms with Crippen molar-refractivity contribution < 1.29 is 14.3 Å². The molecule has 0 aromatic heterocycles. The van der Waals surface area contributed by atoms with E-state index in [4.69, 9.17) is 4.74 Å². The molecule has 4 aromatic carbocycles. The first-order valence-electron chi connectivity index (χ1n) is 10.3. The maximum atomic E-state index is 13.8. The predicted octanol–water partition coefficient (Wildman–Crippen LogP) is 6.31.